The summed E-state index contributed by atoms with van der Waals surface area (Å²) >= 11 is 0. The van der Waals surface area contributed by atoms with Gasteiger partial charge in [0.05, 0.1) is 16.9 Å². The molecule has 2 aromatic heterocycles. The highest BCUT2D eigenvalue weighted by atomic mass is 15.5. The van der Waals surface area contributed by atoms with Crippen LogP contribution in [0.5, 0.6) is 0 Å². The minimum absolute atomic E-state index is 0.255. The molecule has 0 radical (unpaired) electrons. The minimum Gasteiger partial charge on any atom is -0.368 e. The first kappa shape index (κ1) is 13.2. The highest BCUT2D eigenvalue weighted by Gasteiger charge is 2.15. The molecular weight excluding hydrogens is 266 g/mol. The SMILES string of the molecule is CCc1nc(N)ncc1-c1nnnn1-c1ccc(C)cc1. The number of nitrogen functional groups attached to an aromatic ring is 1. The molecule has 0 fully saturated rings. The average Bonchev–Trinajstić information content (AvgIpc) is 2.97. The predicted octanol–water partition coefficient (Wildman–Crippen LogP) is 1.57. The summed E-state index contributed by atoms with van der Waals surface area (Å²) in [6.45, 7) is 4.04. The van der Waals surface area contributed by atoms with Gasteiger partial charge in [0.2, 0.25) is 5.95 Å². The standard InChI is InChI=1S/C14H15N7/c1-3-12-11(8-16-14(15)17-12)13-18-19-20-21(13)10-6-4-9(2)5-7-10/h4-8H,3H2,1-2H3,(H2,15,16,17). The summed E-state index contributed by atoms with van der Waals surface area (Å²) < 4.78 is 1.67. The Balaban J connectivity index is 2.13. The molecule has 21 heavy (non-hydrogen) atoms. The van der Waals surface area contributed by atoms with Gasteiger partial charge in [0.25, 0.3) is 0 Å². The number of benzene rings is 1. The Morgan fingerprint density at radius 1 is 1.19 bits per heavy atom. The first-order valence-electron chi connectivity index (χ1n) is 6.66. The van der Waals surface area contributed by atoms with Crippen molar-refractivity contribution in [2.24, 2.45) is 0 Å². The van der Waals surface area contributed by atoms with Crippen molar-refractivity contribution >= 4 is 5.95 Å². The molecule has 0 unspecified atom stereocenters. The van der Waals surface area contributed by atoms with Gasteiger partial charge < -0.3 is 5.73 Å². The van der Waals surface area contributed by atoms with Crippen LogP contribution in [0.1, 0.15) is 18.2 Å². The fourth-order valence-electron chi connectivity index (χ4n) is 2.10. The van der Waals surface area contributed by atoms with Crippen LogP contribution in [0, 0.1) is 6.92 Å². The number of hydrogen-bond donors (Lipinski definition) is 1. The molecule has 106 valence electrons. The van der Waals surface area contributed by atoms with Crippen LogP contribution < -0.4 is 5.73 Å². The highest BCUT2D eigenvalue weighted by Crippen LogP contribution is 2.22. The number of hydrogen-bond acceptors (Lipinski definition) is 6. The van der Waals surface area contributed by atoms with E-state index in [4.69, 9.17) is 5.73 Å². The van der Waals surface area contributed by atoms with Gasteiger partial charge in [-0.25, -0.2) is 9.97 Å². The number of aryl methyl sites for hydroxylation is 2. The molecule has 1 aromatic carbocycles. The van der Waals surface area contributed by atoms with Crippen molar-refractivity contribution in [2.75, 3.05) is 5.73 Å². The fraction of sp³-hybridized carbons (Fsp3) is 0.214. The van der Waals surface area contributed by atoms with Crippen LogP contribution in [0.4, 0.5) is 5.95 Å². The first-order valence-corrected chi connectivity index (χ1v) is 6.66. The molecule has 0 amide bonds. The zero-order valence-corrected chi connectivity index (χ0v) is 11.9. The van der Waals surface area contributed by atoms with E-state index in [1.165, 1.54) is 5.56 Å². The Morgan fingerprint density at radius 2 is 1.95 bits per heavy atom. The highest BCUT2D eigenvalue weighted by molar-refractivity contribution is 5.60. The molecule has 7 nitrogen and oxygen atoms in total. The van der Waals surface area contributed by atoms with Crippen LogP contribution in [-0.4, -0.2) is 30.2 Å². The number of rotatable bonds is 3. The Kier molecular flexibility index (Phi) is 3.31. The van der Waals surface area contributed by atoms with Crippen molar-refractivity contribution in [1.82, 2.24) is 30.2 Å². The molecule has 7 heteroatoms. The van der Waals surface area contributed by atoms with E-state index in [1.54, 1.807) is 10.9 Å². The van der Waals surface area contributed by atoms with Crippen molar-refractivity contribution in [3.8, 4) is 17.1 Å². The van der Waals surface area contributed by atoms with E-state index in [0.29, 0.717) is 5.82 Å². The number of nitrogens with zero attached hydrogens (tertiary/aromatic N) is 6. The zero-order valence-electron chi connectivity index (χ0n) is 11.9. The number of anilines is 1. The maximum atomic E-state index is 5.64. The summed E-state index contributed by atoms with van der Waals surface area (Å²) in [4.78, 5) is 8.30. The van der Waals surface area contributed by atoms with Crippen LogP contribution in [0.25, 0.3) is 17.1 Å². The molecule has 0 aliphatic heterocycles. The van der Waals surface area contributed by atoms with Gasteiger partial charge in [0, 0.05) is 6.20 Å². The number of aromatic nitrogens is 6. The molecule has 0 atom stereocenters. The largest absolute Gasteiger partial charge is 0.368 e. The summed E-state index contributed by atoms with van der Waals surface area (Å²) in [5.41, 5.74) is 9.32. The van der Waals surface area contributed by atoms with Crippen molar-refractivity contribution in [2.45, 2.75) is 20.3 Å². The van der Waals surface area contributed by atoms with Gasteiger partial charge in [-0.15, -0.1) is 5.10 Å². The van der Waals surface area contributed by atoms with E-state index in [-0.39, 0.29) is 5.95 Å². The van der Waals surface area contributed by atoms with Gasteiger partial charge in [-0.05, 0) is 35.9 Å². The van der Waals surface area contributed by atoms with Crippen molar-refractivity contribution < 1.29 is 0 Å². The molecule has 0 saturated carbocycles. The van der Waals surface area contributed by atoms with E-state index in [1.807, 2.05) is 38.1 Å². The molecule has 3 aromatic rings. The smallest absolute Gasteiger partial charge is 0.220 e. The lowest BCUT2D eigenvalue weighted by Crippen LogP contribution is -2.05. The van der Waals surface area contributed by atoms with Crippen molar-refractivity contribution in [1.29, 1.82) is 0 Å². The Bertz CT molecular complexity index is 761. The van der Waals surface area contributed by atoms with Gasteiger partial charge >= 0.3 is 0 Å². The lowest BCUT2D eigenvalue weighted by Gasteiger charge is -2.08. The summed E-state index contributed by atoms with van der Waals surface area (Å²) in [5.74, 6) is 0.862. The Morgan fingerprint density at radius 3 is 2.67 bits per heavy atom. The van der Waals surface area contributed by atoms with E-state index in [2.05, 4.69) is 25.5 Å². The van der Waals surface area contributed by atoms with E-state index >= 15 is 0 Å². The summed E-state index contributed by atoms with van der Waals surface area (Å²) in [6.07, 6.45) is 2.39. The van der Waals surface area contributed by atoms with E-state index < -0.39 is 0 Å². The average molecular weight is 281 g/mol. The van der Waals surface area contributed by atoms with Crippen LogP contribution in [-0.2, 0) is 6.42 Å². The Hall–Kier alpha value is -2.83. The third kappa shape index (κ3) is 2.45. The number of tetrazole rings is 1. The molecule has 0 saturated heterocycles. The molecule has 3 rings (SSSR count). The first-order chi connectivity index (χ1) is 10.2. The zero-order chi connectivity index (χ0) is 14.8. The third-order valence-corrected chi connectivity index (χ3v) is 3.21. The molecule has 2 heterocycles. The van der Waals surface area contributed by atoms with Crippen LogP contribution in [0.2, 0.25) is 0 Å². The van der Waals surface area contributed by atoms with Gasteiger partial charge in [0.1, 0.15) is 0 Å². The molecular formula is C14H15N7. The minimum atomic E-state index is 0.255. The summed E-state index contributed by atoms with van der Waals surface area (Å²) in [7, 11) is 0. The quantitative estimate of drug-likeness (QED) is 0.783. The topological polar surface area (TPSA) is 95.4 Å². The second-order valence-corrected chi connectivity index (χ2v) is 4.69. The summed E-state index contributed by atoms with van der Waals surface area (Å²) in [6, 6.07) is 7.97. The van der Waals surface area contributed by atoms with Gasteiger partial charge in [-0.1, -0.05) is 24.6 Å². The normalized spacial score (nSPS) is 10.8. The fourth-order valence-corrected chi connectivity index (χ4v) is 2.10. The van der Waals surface area contributed by atoms with Crippen LogP contribution in [0.3, 0.4) is 0 Å². The van der Waals surface area contributed by atoms with E-state index in [0.717, 1.165) is 23.4 Å². The maximum Gasteiger partial charge on any atom is 0.220 e. The summed E-state index contributed by atoms with van der Waals surface area (Å²) in [5, 5.41) is 11.9. The molecule has 2 N–H and O–H groups in total. The maximum absolute atomic E-state index is 5.64. The molecule has 0 bridgehead atoms. The lowest BCUT2D eigenvalue weighted by molar-refractivity contribution is 0.790. The molecule has 0 aliphatic carbocycles. The second kappa shape index (κ2) is 5.28. The number of nitrogens with two attached hydrogens (primary N) is 1. The monoisotopic (exact) mass is 281 g/mol. The van der Waals surface area contributed by atoms with E-state index in [9.17, 15) is 0 Å². The van der Waals surface area contributed by atoms with Crippen molar-refractivity contribution in [3.63, 3.8) is 0 Å². The van der Waals surface area contributed by atoms with Gasteiger partial charge in [0.15, 0.2) is 5.82 Å². The van der Waals surface area contributed by atoms with Crippen LogP contribution in [0.15, 0.2) is 30.5 Å². The molecule has 0 aliphatic rings. The lowest BCUT2D eigenvalue weighted by atomic mass is 10.1. The third-order valence-electron chi connectivity index (χ3n) is 3.21. The predicted molar refractivity (Wildman–Crippen MR) is 78.7 cm³/mol. The second-order valence-electron chi connectivity index (χ2n) is 4.69. The molecule has 0 spiro atoms. The van der Waals surface area contributed by atoms with Gasteiger partial charge in [-0.2, -0.15) is 4.68 Å². The van der Waals surface area contributed by atoms with Gasteiger partial charge in [-0.3, -0.25) is 0 Å². The van der Waals surface area contributed by atoms with Crippen molar-refractivity contribution in [3.05, 3.63) is 41.7 Å². The Labute approximate surface area is 121 Å². The van der Waals surface area contributed by atoms with Crippen LogP contribution >= 0.6 is 0 Å².